The number of ether oxygens (including phenoxy) is 1. The first kappa shape index (κ1) is 20.8. The molecule has 1 amide bonds. The lowest BCUT2D eigenvalue weighted by molar-refractivity contribution is -0.205. The van der Waals surface area contributed by atoms with E-state index in [0.29, 0.717) is 6.61 Å². The third kappa shape index (κ3) is 4.73. The van der Waals surface area contributed by atoms with E-state index in [0.717, 1.165) is 31.2 Å². The van der Waals surface area contributed by atoms with Gasteiger partial charge >= 0.3 is 5.97 Å². The molecule has 1 saturated carbocycles. The number of benzene rings is 1. The van der Waals surface area contributed by atoms with Gasteiger partial charge in [-0.15, -0.1) is 0 Å². The van der Waals surface area contributed by atoms with Gasteiger partial charge in [0.1, 0.15) is 6.61 Å². The van der Waals surface area contributed by atoms with Crippen molar-refractivity contribution in [3.8, 4) is 0 Å². The minimum Gasteiger partial charge on any atom is -0.466 e. The van der Waals surface area contributed by atoms with Gasteiger partial charge in [-0.05, 0) is 31.2 Å². The van der Waals surface area contributed by atoms with Gasteiger partial charge in [0.25, 0.3) is 5.91 Å². The normalized spacial score (nSPS) is 25.9. The van der Waals surface area contributed by atoms with Crippen molar-refractivity contribution in [3.63, 3.8) is 0 Å². The second kappa shape index (κ2) is 10.0. The van der Waals surface area contributed by atoms with Crippen LogP contribution < -0.4 is 0 Å². The molecule has 2 aliphatic rings. The maximum Gasteiger partial charge on any atom is 0.306 e. The highest BCUT2D eigenvalue weighted by Gasteiger charge is 2.52. The molecule has 1 aliphatic heterocycles. The van der Waals surface area contributed by atoms with Gasteiger partial charge in [0.15, 0.2) is 0 Å². The third-order valence-corrected chi connectivity index (χ3v) is 6.01. The lowest BCUT2D eigenvalue weighted by Crippen LogP contribution is -2.42. The highest BCUT2D eigenvalue weighted by molar-refractivity contribution is 5.85. The fourth-order valence-electron chi connectivity index (χ4n) is 4.66. The van der Waals surface area contributed by atoms with Gasteiger partial charge in [-0.1, -0.05) is 49.6 Å². The van der Waals surface area contributed by atoms with Crippen molar-refractivity contribution in [3.05, 3.63) is 35.9 Å². The zero-order chi connectivity index (χ0) is 19.9. The Balaban J connectivity index is 1.79. The first-order valence-corrected chi connectivity index (χ1v) is 10.4. The molecule has 6 heteroatoms. The van der Waals surface area contributed by atoms with Gasteiger partial charge in [0.05, 0.1) is 25.0 Å². The van der Waals surface area contributed by atoms with Crippen molar-refractivity contribution in [2.45, 2.75) is 58.1 Å². The maximum atomic E-state index is 13.2. The van der Waals surface area contributed by atoms with E-state index in [1.54, 1.807) is 6.92 Å². The van der Waals surface area contributed by atoms with Gasteiger partial charge in [-0.25, -0.2) is 5.06 Å². The molecule has 0 spiro atoms. The highest BCUT2D eigenvalue weighted by atomic mass is 16.7. The molecule has 1 aliphatic carbocycles. The van der Waals surface area contributed by atoms with Crippen LogP contribution in [-0.2, 0) is 25.8 Å². The average Bonchev–Trinajstić information content (AvgIpc) is 2.99. The summed E-state index contributed by atoms with van der Waals surface area (Å²) in [5.74, 6) is -1.22. The van der Waals surface area contributed by atoms with Gasteiger partial charge in [0.2, 0.25) is 0 Å². The minimum absolute atomic E-state index is 0.00762. The van der Waals surface area contributed by atoms with Crippen molar-refractivity contribution in [1.29, 1.82) is 0 Å². The number of carbonyl (C=O) groups excluding carboxylic acids is 2. The number of hydroxylamine groups is 2. The van der Waals surface area contributed by atoms with Crippen LogP contribution in [0.2, 0.25) is 0 Å². The summed E-state index contributed by atoms with van der Waals surface area (Å²) in [7, 11) is 0. The van der Waals surface area contributed by atoms with Gasteiger partial charge in [0, 0.05) is 12.5 Å². The van der Waals surface area contributed by atoms with Crippen LogP contribution >= 0.6 is 0 Å². The van der Waals surface area contributed by atoms with Crippen LogP contribution in [0.1, 0.15) is 51.0 Å². The van der Waals surface area contributed by atoms with Gasteiger partial charge in [-0.3, -0.25) is 14.4 Å². The van der Waals surface area contributed by atoms with E-state index in [2.05, 4.69) is 0 Å². The molecule has 2 fully saturated rings. The molecule has 1 saturated heterocycles. The molecule has 154 valence electrons. The summed E-state index contributed by atoms with van der Waals surface area (Å²) in [6.45, 7) is 2.18. The van der Waals surface area contributed by atoms with Crippen molar-refractivity contribution in [2.75, 3.05) is 13.2 Å². The number of amides is 1. The van der Waals surface area contributed by atoms with E-state index in [9.17, 15) is 14.7 Å². The van der Waals surface area contributed by atoms with Crippen LogP contribution in [0.3, 0.4) is 0 Å². The Hall–Kier alpha value is -1.92. The van der Waals surface area contributed by atoms with E-state index < -0.39 is 11.9 Å². The van der Waals surface area contributed by atoms with E-state index in [1.165, 1.54) is 11.5 Å². The van der Waals surface area contributed by atoms with Crippen LogP contribution in [0.25, 0.3) is 0 Å². The lowest BCUT2D eigenvalue weighted by Gasteiger charge is -2.35. The van der Waals surface area contributed by atoms with Crippen LogP contribution in [0.5, 0.6) is 0 Å². The third-order valence-electron chi connectivity index (χ3n) is 6.01. The number of esters is 1. The monoisotopic (exact) mass is 389 g/mol. The highest BCUT2D eigenvalue weighted by Crippen LogP contribution is 2.42. The molecular formula is C22H31NO5. The predicted molar refractivity (Wildman–Crippen MR) is 104 cm³/mol. The Morgan fingerprint density at radius 1 is 1.18 bits per heavy atom. The summed E-state index contributed by atoms with van der Waals surface area (Å²) in [5.41, 5.74) is 0.979. The predicted octanol–water partition coefficient (Wildman–Crippen LogP) is 3.09. The number of carbonyl (C=O) groups is 2. The largest absolute Gasteiger partial charge is 0.466 e. The summed E-state index contributed by atoms with van der Waals surface area (Å²) in [6, 6.07) is 9.52. The number of rotatable bonds is 8. The Morgan fingerprint density at radius 3 is 2.54 bits per heavy atom. The van der Waals surface area contributed by atoms with E-state index >= 15 is 0 Å². The second-order valence-electron chi connectivity index (χ2n) is 7.77. The molecular weight excluding hydrogens is 358 g/mol. The molecule has 0 radical (unpaired) electrons. The fourth-order valence-corrected chi connectivity index (χ4v) is 4.66. The quantitative estimate of drug-likeness (QED) is 0.692. The standard InChI is InChI=1S/C22H31NO5/c1-2-27-20(25)13-18-19(14-24)21(17-11-7-4-8-12-17)23(22(18)26)28-15-16-9-5-3-6-10-16/h3,5-6,9-10,17-19,21,24H,2,4,7-8,11-15H2,1H3/t18-,19-,21+/m0/s1. The van der Waals surface area contributed by atoms with Crippen LogP contribution in [0, 0.1) is 17.8 Å². The Kier molecular flexibility index (Phi) is 7.45. The number of nitrogens with zero attached hydrogens (tertiary/aromatic N) is 1. The Bertz CT molecular complexity index is 644. The topological polar surface area (TPSA) is 76.1 Å². The number of aliphatic hydroxyl groups excluding tert-OH is 1. The molecule has 6 nitrogen and oxygen atoms in total. The van der Waals surface area contributed by atoms with Crippen molar-refractivity contribution >= 4 is 11.9 Å². The van der Waals surface area contributed by atoms with E-state index in [-0.39, 0.29) is 43.4 Å². The lowest BCUT2D eigenvalue weighted by atomic mass is 9.76. The molecule has 28 heavy (non-hydrogen) atoms. The Morgan fingerprint density at radius 2 is 1.89 bits per heavy atom. The molecule has 1 heterocycles. The SMILES string of the molecule is CCOC(=O)C[C@@H]1C(=O)N(OCc2ccccc2)[C@H](C2CCCCC2)[C@H]1CO. The van der Waals surface area contributed by atoms with Crippen LogP contribution in [-0.4, -0.2) is 41.3 Å². The smallest absolute Gasteiger partial charge is 0.306 e. The van der Waals surface area contributed by atoms with E-state index in [4.69, 9.17) is 9.57 Å². The van der Waals surface area contributed by atoms with Crippen molar-refractivity contribution < 1.29 is 24.3 Å². The second-order valence-corrected chi connectivity index (χ2v) is 7.77. The summed E-state index contributed by atoms with van der Waals surface area (Å²) < 4.78 is 5.06. The molecule has 3 atom stereocenters. The summed E-state index contributed by atoms with van der Waals surface area (Å²) >= 11 is 0. The summed E-state index contributed by atoms with van der Waals surface area (Å²) in [5, 5.41) is 11.6. The van der Waals surface area contributed by atoms with E-state index in [1.807, 2.05) is 30.3 Å². The number of aliphatic hydroxyl groups is 1. The summed E-state index contributed by atoms with van der Waals surface area (Å²) in [6.07, 6.45) is 5.49. The molecule has 0 aromatic heterocycles. The average molecular weight is 389 g/mol. The Labute approximate surface area is 166 Å². The zero-order valence-electron chi connectivity index (χ0n) is 16.6. The molecule has 0 unspecified atom stereocenters. The first-order valence-electron chi connectivity index (χ1n) is 10.4. The molecule has 1 aromatic rings. The molecule has 0 bridgehead atoms. The minimum atomic E-state index is -0.591. The first-order chi connectivity index (χ1) is 13.7. The fraction of sp³-hybridized carbons (Fsp3) is 0.636. The zero-order valence-corrected chi connectivity index (χ0v) is 16.6. The maximum absolute atomic E-state index is 13.2. The van der Waals surface area contributed by atoms with Crippen molar-refractivity contribution in [2.24, 2.45) is 17.8 Å². The van der Waals surface area contributed by atoms with Gasteiger partial charge < -0.3 is 9.84 Å². The van der Waals surface area contributed by atoms with Gasteiger partial charge in [-0.2, -0.15) is 0 Å². The molecule has 3 rings (SSSR count). The van der Waals surface area contributed by atoms with Crippen molar-refractivity contribution in [1.82, 2.24) is 5.06 Å². The molecule has 1 aromatic carbocycles. The molecule has 1 N–H and O–H groups in total. The van der Waals surface area contributed by atoms with Crippen LogP contribution in [0.4, 0.5) is 0 Å². The number of hydrogen-bond donors (Lipinski definition) is 1. The van der Waals surface area contributed by atoms with Crippen LogP contribution in [0.15, 0.2) is 30.3 Å². The number of hydrogen-bond acceptors (Lipinski definition) is 5. The summed E-state index contributed by atoms with van der Waals surface area (Å²) in [4.78, 5) is 31.2.